The van der Waals surface area contributed by atoms with E-state index in [4.69, 9.17) is 9.15 Å². The molecular formula is C13H19NO4. The molecule has 1 aromatic rings. The summed E-state index contributed by atoms with van der Waals surface area (Å²) in [5.41, 5.74) is 1.02. The first kappa shape index (κ1) is 13.1. The molecular weight excluding hydrogens is 234 g/mol. The first-order chi connectivity index (χ1) is 8.74. The summed E-state index contributed by atoms with van der Waals surface area (Å²) in [6.07, 6.45) is 5.12. The Morgan fingerprint density at radius 3 is 3.11 bits per heavy atom. The number of carbonyl (C=O) groups excluding carboxylic acids is 1. The Labute approximate surface area is 106 Å². The number of hydrogen-bond acceptors (Lipinski definition) is 4. The van der Waals surface area contributed by atoms with Gasteiger partial charge in [-0.2, -0.15) is 0 Å². The van der Waals surface area contributed by atoms with Gasteiger partial charge in [-0.05, 0) is 24.5 Å². The van der Waals surface area contributed by atoms with Gasteiger partial charge in [-0.3, -0.25) is 4.79 Å². The molecule has 2 rings (SSSR count). The number of likely N-dealkylation sites (tertiary alicyclic amines) is 1. The van der Waals surface area contributed by atoms with Crippen LogP contribution < -0.4 is 0 Å². The minimum atomic E-state index is -0.105. The Hall–Kier alpha value is -1.33. The second-order valence-corrected chi connectivity index (χ2v) is 4.61. The molecule has 0 aromatic carbocycles. The molecule has 1 saturated heterocycles. The minimum absolute atomic E-state index is 0.00267. The Morgan fingerprint density at radius 1 is 1.67 bits per heavy atom. The van der Waals surface area contributed by atoms with E-state index in [0.29, 0.717) is 25.8 Å². The lowest BCUT2D eigenvalue weighted by atomic mass is 10.1. The molecule has 1 amide bonds. The summed E-state index contributed by atoms with van der Waals surface area (Å²) in [5.74, 6) is 0.0646. The molecule has 1 aromatic heterocycles. The summed E-state index contributed by atoms with van der Waals surface area (Å²) in [6, 6.07) is 1.76. The van der Waals surface area contributed by atoms with Crippen LogP contribution in [0, 0.1) is 0 Å². The number of aryl methyl sites for hydroxylation is 1. The second-order valence-electron chi connectivity index (χ2n) is 4.61. The third kappa shape index (κ3) is 2.91. The van der Waals surface area contributed by atoms with Crippen LogP contribution in [0.3, 0.4) is 0 Å². The summed E-state index contributed by atoms with van der Waals surface area (Å²) < 4.78 is 10.2. The number of aliphatic hydroxyl groups excluding tert-OH is 1. The van der Waals surface area contributed by atoms with Crippen LogP contribution >= 0.6 is 0 Å². The number of nitrogens with zero attached hydrogens (tertiary/aromatic N) is 1. The molecule has 0 spiro atoms. The molecule has 18 heavy (non-hydrogen) atoms. The first-order valence-corrected chi connectivity index (χ1v) is 6.18. The average molecular weight is 253 g/mol. The molecule has 2 atom stereocenters. The summed E-state index contributed by atoms with van der Waals surface area (Å²) in [4.78, 5) is 13.8. The van der Waals surface area contributed by atoms with Crippen molar-refractivity contribution < 1.29 is 19.1 Å². The summed E-state index contributed by atoms with van der Waals surface area (Å²) >= 11 is 0. The number of amides is 1. The van der Waals surface area contributed by atoms with Crippen LogP contribution in [-0.4, -0.2) is 48.3 Å². The van der Waals surface area contributed by atoms with Gasteiger partial charge in [-0.15, -0.1) is 0 Å². The van der Waals surface area contributed by atoms with E-state index >= 15 is 0 Å². The molecule has 0 bridgehead atoms. The van der Waals surface area contributed by atoms with Crippen molar-refractivity contribution in [3.05, 3.63) is 24.2 Å². The molecule has 5 heteroatoms. The van der Waals surface area contributed by atoms with E-state index in [0.717, 1.165) is 5.56 Å². The highest BCUT2D eigenvalue weighted by Crippen LogP contribution is 2.21. The number of methoxy groups -OCH3 is 1. The predicted molar refractivity (Wildman–Crippen MR) is 65.0 cm³/mol. The van der Waals surface area contributed by atoms with Crippen LogP contribution in [-0.2, 0) is 16.0 Å². The summed E-state index contributed by atoms with van der Waals surface area (Å²) in [5, 5.41) is 9.29. The molecule has 1 N–H and O–H groups in total. The van der Waals surface area contributed by atoms with Gasteiger partial charge in [0.05, 0.1) is 31.3 Å². The fourth-order valence-corrected chi connectivity index (χ4v) is 2.35. The van der Waals surface area contributed by atoms with Crippen LogP contribution in [0.4, 0.5) is 0 Å². The van der Waals surface area contributed by atoms with Gasteiger partial charge in [-0.1, -0.05) is 0 Å². The van der Waals surface area contributed by atoms with E-state index in [1.54, 1.807) is 24.5 Å². The molecule has 0 unspecified atom stereocenters. The van der Waals surface area contributed by atoms with Gasteiger partial charge in [0, 0.05) is 20.1 Å². The average Bonchev–Trinajstić information content (AvgIpc) is 3.04. The third-order valence-electron chi connectivity index (χ3n) is 3.45. The van der Waals surface area contributed by atoms with Crippen molar-refractivity contribution >= 4 is 5.91 Å². The molecule has 1 fully saturated rings. The maximum atomic E-state index is 12.1. The normalized spacial score (nSPS) is 23.6. The maximum Gasteiger partial charge on any atom is 0.223 e. The molecule has 1 aliphatic rings. The van der Waals surface area contributed by atoms with Crippen molar-refractivity contribution in [3.63, 3.8) is 0 Å². The lowest BCUT2D eigenvalue weighted by Crippen LogP contribution is -2.38. The predicted octanol–water partition coefficient (Wildman–Crippen LogP) is 0.820. The van der Waals surface area contributed by atoms with E-state index in [9.17, 15) is 9.90 Å². The van der Waals surface area contributed by atoms with E-state index < -0.39 is 0 Å². The van der Waals surface area contributed by atoms with Gasteiger partial charge in [0.15, 0.2) is 0 Å². The molecule has 0 radical (unpaired) electrons. The molecule has 2 heterocycles. The van der Waals surface area contributed by atoms with Crippen LogP contribution in [0.5, 0.6) is 0 Å². The van der Waals surface area contributed by atoms with E-state index in [-0.39, 0.29) is 24.7 Å². The molecule has 0 aliphatic carbocycles. The van der Waals surface area contributed by atoms with Gasteiger partial charge >= 0.3 is 0 Å². The SMILES string of the molecule is CO[C@H]1C[C@@H](CO)N(C(=O)CCc2ccoc2)C1. The van der Waals surface area contributed by atoms with E-state index in [1.807, 2.05) is 6.07 Å². The Bertz CT molecular complexity index is 376. The minimum Gasteiger partial charge on any atom is -0.472 e. The standard InChI is InChI=1S/C13H19NO4/c1-17-12-6-11(8-15)14(7-12)13(16)3-2-10-4-5-18-9-10/h4-5,9,11-12,15H,2-3,6-8H2,1H3/t11-,12-/m0/s1. The van der Waals surface area contributed by atoms with E-state index in [1.165, 1.54) is 0 Å². The number of rotatable bonds is 5. The maximum absolute atomic E-state index is 12.1. The fourth-order valence-electron chi connectivity index (χ4n) is 2.35. The zero-order valence-electron chi connectivity index (χ0n) is 10.5. The van der Waals surface area contributed by atoms with Crippen LogP contribution in [0.1, 0.15) is 18.4 Å². The fraction of sp³-hybridized carbons (Fsp3) is 0.615. The monoisotopic (exact) mass is 253 g/mol. The van der Waals surface area contributed by atoms with Crippen LogP contribution in [0.25, 0.3) is 0 Å². The summed E-state index contributed by atoms with van der Waals surface area (Å²) in [7, 11) is 1.64. The number of furan rings is 1. The van der Waals surface area contributed by atoms with Gasteiger partial charge in [0.2, 0.25) is 5.91 Å². The first-order valence-electron chi connectivity index (χ1n) is 6.18. The second kappa shape index (κ2) is 6.02. The van der Waals surface area contributed by atoms with Gasteiger partial charge in [0.1, 0.15) is 0 Å². The molecule has 0 saturated carbocycles. The van der Waals surface area contributed by atoms with Crippen molar-refractivity contribution in [1.29, 1.82) is 0 Å². The Kier molecular flexibility index (Phi) is 4.38. The number of ether oxygens (including phenoxy) is 1. The highest BCUT2D eigenvalue weighted by Gasteiger charge is 2.34. The molecule has 1 aliphatic heterocycles. The highest BCUT2D eigenvalue weighted by atomic mass is 16.5. The lowest BCUT2D eigenvalue weighted by molar-refractivity contribution is -0.133. The summed E-state index contributed by atoms with van der Waals surface area (Å²) in [6.45, 7) is 0.573. The molecule has 100 valence electrons. The Morgan fingerprint density at radius 2 is 2.50 bits per heavy atom. The number of carbonyl (C=O) groups is 1. The number of hydrogen-bond donors (Lipinski definition) is 1. The van der Waals surface area contributed by atoms with Crippen LogP contribution in [0.2, 0.25) is 0 Å². The lowest BCUT2D eigenvalue weighted by Gasteiger charge is -2.22. The smallest absolute Gasteiger partial charge is 0.223 e. The topological polar surface area (TPSA) is 62.9 Å². The zero-order chi connectivity index (χ0) is 13.0. The van der Waals surface area contributed by atoms with Crippen molar-refractivity contribution in [1.82, 2.24) is 4.90 Å². The van der Waals surface area contributed by atoms with Crippen molar-refractivity contribution in [3.8, 4) is 0 Å². The largest absolute Gasteiger partial charge is 0.472 e. The quantitative estimate of drug-likeness (QED) is 0.844. The van der Waals surface area contributed by atoms with Gasteiger partial charge in [0.25, 0.3) is 0 Å². The van der Waals surface area contributed by atoms with Gasteiger partial charge in [-0.25, -0.2) is 0 Å². The molecule has 5 nitrogen and oxygen atoms in total. The Balaban J connectivity index is 1.87. The van der Waals surface area contributed by atoms with Crippen molar-refractivity contribution in [2.24, 2.45) is 0 Å². The van der Waals surface area contributed by atoms with Crippen molar-refractivity contribution in [2.45, 2.75) is 31.4 Å². The van der Waals surface area contributed by atoms with E-state index in [2.05, 4.69) is 0 Å². The number of aliphatic hydroxyl groups is 1. The van der Waals surface area contributed by atoms with Crippen molar-refractivity contribution in [2.75, 3.05) is 20.3 Å². The zero-order valence-corrected chi connectivity index (χ0v) is 10.5. The van der Waals surface area contributed by atoms with Gasteiger partial charge < -0.3 is 19.2 Å². The highest BCUT2D eigenvalue weighted by molar-refractivity contribution is 5.77. The van der Waals surface area contributed by atoms with Crippen LogP contribution in [0.15, 0.2) is 23.0 Å². The third-order valence-corrected chi connectivity index (χ3v) is 3.45.